The Bertz CT molecular complexity index is 315. The molecule has 76 valence electrons. The molecule has 3 heteroatoms. The minimum Gasteiger partial charge on any atom is -0.497 e. The van der Waals surface area contributed by atoms with E-state index in [9.17, 15) is 0 Å². The van der Waals surface area contributed by atoms with Gasteiger partial charge in [0.15, 0.2) is 0 Å². The number of rotatable bonds is 3. The van der Waals surface area contributed by atoms with E-state index in [4.69, 9.17) is 10.5 Å². The summed E-state index contributed by atoms with van der Waals surface area (Å²) in [5.74, 6) is 1.40. The molecule has 1 aromatic rings. The number of hydrogen-bond donors (Lipinski definition) is 1. The highest BCUT2D eigenvalue weighted by molar-refractivity contribution is 5.97. The lowest BCUT2D eigenvalue weighted by molar-refractivity contribution is 0.415. The Morgan fingerprint density at radius 3 is 2.29 bits per heavy atom. The monoisotopic (exact) mass is 192 g/mol. The number of benzene rings is 1. The molecule has 0 atom stereocenters. The van der Waals surface area contributed by atoms with Crippen LogP contribution in [0.2, 0.25) is 0 Å². The van der Waals surface area contributed by atoms with Crippen LogP contribution in [0.4, 0.5) is 0 Å². The second-order valence-electron chi connectivity index (χ2n) is 3.34. The first kappa shape index (κ1) is 10.6. The Kier molecular flexibility index (Phi) is 3.51. The van der Waals surface area contributed by atoms with Crippen molar-refractivity contribution in [3.05, 3.63) is 29.8 Å². The van der Waals surface area contributed by atoms with Gasteiger partial charge in [0.1, 0.15) is 11.6 Å². The molecule has 0 aromatic heterocycles. The number of amidine groups is 1. The van der Waals surface area contributed by atoms with Crippen molar-refractivity contribution < 1.29 is 4.74 Å². The van der Waals surface area contributed by atoms with Crippen molar-refractivity contribution in [1.29, 1.82) is 0 Å². The molecule has 2 N–H and O–H groups in total. The summed E-state index contributed by atoms with van der Waals surface area (Å²) in [5, 5.41) is 0. The van der Waals surface area contributed by atoms with Gasteiger partial charge in [-0.05, 0) is 38.1 Å². The zero-order chi connectivity index (χ0) is 10.6. The van der Waals surface area contributed by atoms with Crippen molar-refractivity contribution in [3.63, 3.8) is 0 Å². The van der Waals surface area contributed by atoms with Crippen molar-refractivity contribution in [1.82, 2.24) is 0 Å². The summed E-state index contributed by atoms with van der Waals surface area (Å²) in [7, 11) is 1.64. The van der Waals surface area contributed by atoms with Crippen molar-refractivity contribution in [2.24, 2.45) is 10.7 Å². The molecule has 0 fully saturated rings. The summed E-state index contributed by atoms with van der Waals surface area (Å²) >= 11 is 0. The van der Waals surface area contributed by atoms with Crippen LogP contribution in [0.15, 0.2) is 29.3 Å². The summed E-state index contributed by atoms with van der Waals surface area (Å²) in [6.07, 6.45) is 0. The standard InChI is InChI=1S/C11H16N2O/c1-8(2)13-11(12)9-4-6-10(14-3)7-5-9/h4-8H,1-3H3,(H2,12,13). The molecule has 0 unspecified atom stereocenters. The SMILES string of the molecule is COc1ccc(C(N)=NC(C)C)cc1. The number of methoxy groups -OCH3 is 1. The van der Waals surface area contributed by atoms with E-state index in [1.54, 1.807) is 7.11 Å². The molecule has 0 heterocycles. The van der Waals surface area contributed by atoms with Gasteiger partial charge in [-0.15, -0.1) is 0 Å². The topological polar surface area (TPSA) is 47.6 Å². The average molecular weight is 192 g/mol. The minimum atomic E-state index is 0.220. The molecule has 0 saturated carbocycles. The van der Waals surface area contributed by atoms with E-state index in [1.165, 1.54) is 0 Å². The highest BCUT2D eigenvalue weighted by atomic mass is 16.5. The maximum absolute atomic E-state index is 5.80. The van der Waals surface area contributed by atoms with Crippen LogP contribution in [0.5, 0.6) is 5.75 Å². The summed E-state index contributed by atoms with van der Waals surface area (Å²) in [4.78, 5) is 4.26. The Morgan fingerprint density at radius 1 is 1.29 bits per heavy atom. The molecule has 1 rings (SSSR count). The lowest BCUT2D eigenvalue weighted by atomic mass is 10.2. The fourth-order valence-corrected chi connectivity index (χ4v) is 1.11. The van der Waals surface area contributed by atoms with Crippen molar-refractivity contribution in [2.75, 3.05) is 7.11 Å². The molecule has 0 amide bonds. The minimum absolute atomic E-state index is 0.220. The van der Waals surface area contributed by atoms with Crippen molar-refractivity contribution >= 4 is 5.84 Å². The fourth-order valence-electron chi connectivity index (χ4n) is 1.11. The van der Waals surface area contributed by atoms with E-state index in [2.05, 4.69) is 4.99 Å². The highest BCUT2D eigenvalue weighted by Gasteiger charge is 1.99. The third-order valence-corrected chi connectivity index (χ3v) is 1.78. The molecule has 0 bridgehead atoms. The smallest absolute Gasteiger partial charge is 0.125 e. The van der Waals surface area contributed by atoms with E-state index in [0.717, 1.165) is 11.3 Å². The second-order valence-corrected chi connectivity index (χ2v) is 3.34. The molecule has 0 aliphatic rings. The van der Waals surface area contributed by atoms with Crippen LogP contribution < -0.4 is 10.5 Å². The quantitative estimate of drug-likeness (QED) is 0.586. The summed E-state index contributed by atoms with van der Waals surface area (Å²) < 4.78 is 5.05. The van der Waals surface area contributed by atoms with E-state index < -0.39 is 0 Å². The summed E-state index contributed by atoms with van der Waals surface area (Å²) in [6, 6.07) is 7.77. The van der Waals surface area contributed by atoms with Gasteiger partial charge in [-0.1, -0.05) is 0 Å². The van der Waals surface area contributed by atoms with Gasteiger partial charge in [-0.3, -0.25) is 4.99 Å². The van der Waals surface area contributed by atoms with Gasteiger partial charge in [0, 0.05) is 11.6 Å². The molecule has 0 saturated heterocycles. The van der Waals surface area contributed by atoms with Crippen molar-refractivity contribution in [2.45, 2.75) is 19.9 Å². The van der Waals surface area contributed by atoms with Gasteiger partial charge in [0.05, 0.1) is 7.11 Å². The van der Waals surface area contributed by atoms with Gasteiger partial charge in [-0.2, -0.15) is 0 Å². The highest BCUT2D eigenvalue weighted by Crippen LogP contribution is 2.11. The second kappa shape index (κ2) is 4.65. The van der Waals surface area contributed by atoms with Crippen LogP contribution in [0.1, 0.15) is 19.4 Å². The van der Waals surface area contributed by atoms with Crippen LogP contribution >= 0.6 is 0 Å². The summed E-state index contributed by atoms with van der Waals surface area (Å²) in [6.45, 7) is 3.99. The Morgan fingerprint density at radius 2 is 1.86 bits per heavy atom. The Hall–Kier alpha value is -1.51. The molecule has 1 aromatic carbocycles. The predicted octanol–water partition coefficient (Wildman–Crippen LogP) is 1.81. The zero-order valence-corrected chi connectivity index (χ0v) is 8.82. The summed E-state index contributed by atoms with van der Waals surface area (Å²) in [5.41, 5.74) is 6.73. The number of hydrogen-bond acceptors (Lipinski definition) is 2. The van der Waals surface area contributed by atoms with Gasteiger partial charge in [0.25, 0.3) is 0 Å². The molecular formula is C11H16N2O. The Balaban J connectivity index is 2.86. The number of aliphatic imine (C=N–C) groups is 1. The van der Waals surface area contributed by atoms with Crippen LogP contribution in [-0.2, 0) is 0 Å². The van der Waals surface area contributed by atoms with Gasteiger partial charge >= 0.3 is 0 Å². The van der Waals surface area contributed by atoms with Gasteiger partial charge < -0.3 is 10.5 Å². The fraction of sp³-hybridized carbons (Fsp3) is 0.364. The molecule has 3 nitrogen and oxygen atoms in total. The Labute approximate surface area is 84.6 Å². The van der Waals surface area contributed by atoms with E-state index in [0.29, 0.717) is 5.84 Å². The number of nitrogens with zero attached hydrogens (tertiary/aromatic N) is 1. The maximum Gasteiger partial charge on any atom is 0.125 e. The van der Waals surface area contributed by atoms with Gasteiger partial charge in [-0.25, -0.2) is 0 Å². The first-order valence-corrected chi connectivity index (χ1v) is 4.61. The lowest BCUT2D eigenvalue weighted by Crippen LogP contribution is -2.15. The molecule has 0 radical (unpaired) electrons. The van der Waals surface area contributed by atoms with Crippen LogP contribution in [0.25, 0.3) is 0 Å². The zero-order valence-electron chi connectivity index (χ0n) is 8.82. The molecule has 0 aliphatic carbocycles. The largest absolute Gasteiger partial charge is 0.497 e. The van der Waals surface area contributed by atoms with E-state index >= 15 is 0 Å². The van der Waals surface area contributed by atoms with Crippen LogP contribution in [0.3, 0.4) is 0 Å². The molecule has 14 heavy (non-hydrogen) atoms. The first-order valence-electron chi connectivity index (χ1n) is 4.61. The van der Waals surface area contributed by atoms with Crippen molar-refractivity contribution in [3.8, 4) is 5.75 Å². The third kappa shape index (κ3) is 2.76. The molecule has 0 spiro atoms. The average Bonchev–Trinajstić information content (AvgIpc) is 2.17. The van der Waals surface area contributed by atoms with E-state index in [-0.39, 0.29) is 6.04 Å². The number of nitrogens with two attached hydrogens (primary N) is 1. The van der Waals surface area contributed by atoms with Crippen LogP contribution in [0, 0.1) is 0 Å². The van der Waals surface area contributed by atoms with E-state index in [1.807, 2.05) is 38.1 Å². The van der Waals surface area contributed by atoms with Gasteiger partial charge in [0.2, 0.25) is 0 Å². The number of ether oxygens (including phenoxy) is 1. The molecule has 0 aliphatic heterocycles. The third-order valence-electron chi connectivity index (χ3n) is 1.78. The molecular weight excluding hydrogens is 176 g/mol. The van der Waals surface area contributed by atoms with Crippen LogP contribution in [-0.4, -0.2) is 19.0 Å². The predicted molar refractivity (Wildman–Crippen MR) is 58.9 cm³/mol. The normalized spacial score (nSPS) is 11.9. The lowest BCUT2D eigenvalue weighted by Gasteiger charge is -2.04. The maximum atomic E-state index is 5.80. The first-order chi connectivity index (χ1) is 6.63.